The Hall–Kier alpha value is 0.240. The van der Waals surface area contributed by atoms with E-state index in [1.807, 2.05) is 0 Å². The largest absolute Gasteiger partial charge is 1.00 e. The molecule has 0 aliphatic heterocycles. The van der Waals surface area contributed by atoms with Gasteiger partial charge in [-0.05, 0) is 23.2 Å². The van der Waals surface area contributed by atoms with Crippen LogP contribution in [-0.4, -0.2) is 35.6 Å². The molecule has 16 heavy (non-hydrogen) atoms. The minimum Gasteiger partial charge on any atom is -0.768 e. The van der Waals surface area contributed by atoms with Crippen molar-refractivity contribution in [2.75, 3.05) is 14.1 Å². The van der Waals surface area contributed by atoms with Crippen molar-refractivity contribution < 1.29 is 46.7 Å². The van der Waals surface area contributed by atoms with Crippen LogP contribution in [0.25, 0.3) is 0 Å². The third-order valence-corrected chi connectivity index (χ3v) is 4.50. The summed E-state index contributed by atoms with van der Waals surface area (Å²) in [6.45, 7) is 0. The summed E-state index contributed by atoms with van der Waals surface area (Å²) >= 11 is -2.56. The zero-order chi connectivity index (χ0) is 11.6. The molecule has 0 aromatic heterocycles. The second-order valence-electron chi connectivity index (χ2n) is 2.97. The number of sulfonamides is 1. The fourth-order valence-corrected chi connectivity index (χ4v) is 2.91. The molecule has 0 aliphatic rings. The standard InChI is InChI=1S/C8H11NO4S2.Na/c1-9(2)15(12,13)8-6-4-3-5-7(8)14(10)11;/h3-6H,1-2H3,(H,10,11);/q;+1/p-1. The Balaban J connectivity index is 0.00000225. The maximum absolute atomic E-state index is 11.7. The summed E-state index contributed by atoms with van der Waals surface area (Å²) in [6, 6.07) is 5.46. The zero-order valence-corrected chi connectivity index (χ0v) is 12.8. The Morgan fingerprint density at radius 1 is 1.25 bits per heavy atom. The van der Waals surface area contributed by atoms with Gasteiger partial charge in [-0.2, -0.15) is 0 Å². The third kappa shape index (κ3) is 3.36. The van der Waals surface area contributed by atoms with Crippen LogP contribution in [0.2, 0.25) is 0 Å². The van der Waals surface area contributed by atoms with Crippen LogP contribution in [0, 0.1) is 0 Å². The van der Waals surface area contributed by atoms with Gasteiger partial charge in [0.15, 0.2) is 0 Å². The van der Waals surface area contributed by atoms with Gasteiger partial charge >= 0.3 is 29.6 Å². The molecule has 0 amide bonds. The summed E-state index contributed by atoms with van der Waals surface area (Å²) < 4.78 is 46.0. The number of nitrogens with zero attached hydrogens (tertiary/aromatic N) is 1. The summed E-state index contributed by atoms with van der Waals surface area (Å²) in [7, 11) is -1.02. The van der Waals surface area contributed by atoms with Gasteiger partial charge in [0.2, 0.25) is 10.0 Å². The van der Waals surface area contributed by atoms with Gasteiger partial charge in [0, 0.05) is 19.0 Å². The van der Waals surface area contributed by atoms with E-state index in [1.54, 1.807) is 0 Å². The van der Waals surface area contributed by atoms with Crippen LogP contribution < -0.4 is 29.6 Å². The molecule has 0 bridgehead atoms. The van der Waals surface area contributed by atoms with E-state index in [1.165, 1.54) is 38.4 Å². The second kappa shape index (κ2) is 6.25. The molecule has 0 fully saturated rings. The van der Waals surface area contributed by atoms with Crippen molar-refractivity contribution in [3.63, 3.8) is 0 Å². The van der Waals surface area contributed by atoms with Crippen molar-refractivity contribution >= 4 is 21.1 Å². The van der Waals surface area contributed by atoms with E-state index < -0.39 is 21.1 Å². The number of hydrogen-bond donors (Lipinski definition) is 0. The minimum atomic E-state index is -3.71. The van der Waals surface area contributed by atoms with Gasteiger partial charge in [-0.3, -0.25) is 4.21 Å². The van der Waals surface area contributed by atoms with Crippen LogP contribution in [0.15, 0.2) is 34.1 Å². The summed E-state index contributed by atoms with van der Waals surface area (Å²) in [5.74, 6) is 0. The number of rotatable bonds is 3. The van der Waals surface area contributed by atoms with Crippen LogP contribution >= 0.6 is 0 Å². The summed E-state index contributed by atoms with van der Waals surface area (Å²) in [5.41, 5.74) is 0. The second-order valence-corrected chi connectivity index (χ2v) is 6.00. The third-order valence-electron chi connectivity index (χ3n) is 1.79. The molecule has 0 aliphatic carbocycles. The molecule has 0 heterocycles. The molecule has 84 valence electrons. The van der Waals surface area contributed by atoms with E-state index in [4.69, 9.17) is 0 Å². The van der Waals surface area contributed by atoms with Gasteiger partial charge in [0.25, 0.3) is 0 Å². The monoisotopic (exact) mass is 271 g/mol. The summed E-state index contributed by atoms with van der Waals surface area (Å²) in [5, 5.41) is 0. The molecule has 1 unspecified atom stereocenters. The first-order chi connectivity index (χ1) is 6.87. The van der Waals surface area contributed by atoms with E-state index in [-0.39, 0.29) is 39.3 Å². The van der Waals surface area contributed by atoms with Crippen LogP contribution in [0.1, 0.15) is 0 Å². The Morgan fingerprint density at radius 2 is 1.75 bits per heavy atom. The zero-order valence-electron chi connectivity index (χ0n) is 9.21. The van der Waals surface area contributed by atoms with E-state index in [0.29, 0.717) is 0 Å². The SMILES string of the molecule is CN(C)S(=O)(=O)c1ccccc1S(=O)[O-].[Na+]. The average molecular weight is 271 g/mol. The molecule has 0 saturated heterocycles. The molecule has 5 nitrogen and oxygen atoms in total. The molecule has 0 N–H and O–H groups in total. The van der Waals surface area contributed by atoms with Gasteiger partial charge < -0.3 is 4.55 Å². The van der Waals surface area contributed by atoms with E-state index >= 15 is 0 Å². The maximum Gasteiger partial charge on any atom is 1.00 e. The first-order valence-electron chi connectivity index (χ1n) is 3.98. The number of hydrogen-bond acceptors (Lipinski definition) is 4. The maximum atomic E-state index is 11.7. The van der Waals surface area contributed by atoms with Gasteiger partial charge in [-0.1, -0.05) is 12.1 Å². The predicted octanol–water partition coefficient (Wildman–Crippen LogP) is -2.82. The van der Waals surface area contributed by atoms with Crippen molar-refractivity contribution in [3.8, 4) is 0 Å². The minimum absolute atomic E-state index is 0. The molecule has 0 spiro atoms. The van der Waals surface area contributed by atoms with Crippen LogP contribution in [0.5, 0.6) is 0 Å². The first-order valence-corrected chi connectivity index (χ1v) is 6.49. The predicted molar refractivity (Wildman–Crippen MR) is 54.5 cm³/mol. The van der Waals surface area contributed by atoms with Crippen LogP contribution in [-0.2, 0) is 21.1 Å². The van der Waals surface area contributed by atoms with Crippen molar-refractivity contribution in [1.82, 2.24) is 4.31 Å². The van der Waals surface area contributed by atoms with Crippen molar-refractivity contribution in [2.45, 2.75) is 9.79 Å². The molecular weight excluding hydrogens is 261 g/mol. The van der Waals surface area contributed by atoms with E-state index in [2.05, 4.69) is 0 Å². The van der Waals surface area contributed by atoms with Crippen LogP contribution in [0.3, 0.4) is 0 Å². The smallest absolute Gasteiger partial charge is 0.768 e. The van der Waals surface area contributed by atoms with Gasteiger partial charge in [-0.15, -0.1) is 0 Å². The molecule has 1 atom stereocenters. The van der Waals surface area contributed by atoms with Gasteiger partial charge in [0.1, 0.15) is 0 Å². The summed E-state index contributed by atoms with van der Waals surface area (Å²) in [4.78, 5) is -0.422. The average Bonchev–Trinajstić information content (AvgIpc) is 2.17. The molecule has 1 aromatic rings. The summed E-state index contributed by atoms with van der Waals surface area (Å²) in [6.07, 6.45) is 0. The fourth-order valence-electron chi connectivity index (χ4n) is 0.998. The fraction of sp³-hybridized carbons (Fsp3) is 0.250. The van der Waals surface area contributed by atoms with Crippen molar-refractivity contribution in [3.05, 3.63) is 24.3 Å². The Labute approximate surface area is 119 Å². The normalized spacial score (nSPS) is 13.2. The molecule has 0 saturated carbocycles. The quantitative estimate of drug-likeness (QED) is 0.439. The topological polar surface area (TPSA) is 77.5 Å². The molecule has 8 heteroatoms. The first kappa shape index (κ1) is 16.2. The molecular formula is C8H10NNaO4S2. The van der Waals surface area contributed by atoms with Crippen molar-refractivity contribution in [2.24, 2.45) is 0 Å². The molecule has 1 aromatic carbocycles. The van der Waals surface area contributed by atoms with E-state index in [0.717, 1.165) is 4.31 Å². The Bertz CT molecular complexity index is 487. The Morgan fingerprint density at radius 3 is 2.19 bits per heavy atom. The Kier molecular flexibility index (Phi) is 6.34. The number of benzene rings is 1. The molecule has 0 radical (unpaired) electrons. The molecule has 1 rings (SSSR count). The van der Waals surface area contributed by atoms with Gasteiger partial charge in [-0.25, -0.2) is 12.7 Å². The van der Waals surface area contributed by atoms with Crippen molar-refractivity contribution in [1.29, 1.82) is 0 Å². The van der Waals surface area contributed by atoms with E-state index in [9.17, 15) is 17.2 Å². The van der Waals surface area contributed by atoms with Crippen LogP contribution in [0.4, 0.5) is 0 Å². The van der Waals surface area contributed by atoms with Gasteiger partial charge in [0.05, 0.1) is 4.90 Å².